The van der Waals surface area contributed by atoms with Gasteiger partial charge in [0.25, 0.3) is 5.56 Å². The molecular formula is C22H27N3O3S. The van der Waals surface area contributed by atoms with Crippen molar-refractivity contribution in [2.24, 2.45) is 11.7 Å². The summed E-state index contributed by atoms with van der Waals surface area (Å²) in [6.45, 7) is 0.960. The predicted molar refractivity (Wildman–Crippen MR) is 113 cm³/mol. The van der Waals surface area contributed by atoms with Gasteiger partial charge in [-0.05, 0) is 62.3 Å². The second-order valence-corrected chi connectivity index (χ2v) is 9.64. The monoisotopic (exact) mass is 413 g/mol. The number of benzene rings is 1. The minimum atomic E-state index is -0.182. The summed E-state index contributed by atoms with van der Waals surface area (Å²) in [5, 5.41) is 1.60. The number of carbonyl (C=O) groups is 1. The molecule has 0 amide bonds. The van der Waals surface area contributed by atoms with E-state index in [1.807, 2.05) is 18.2 Å². The summed E-state index contributed by atoms with van der Waals surface area (Å²) in [7, 11) is 0. The van der Waals surface area contributed by atoms with Gasteiger partial charge in [-0.2, -0.15) is 0 Å². The van der Waals surface area contributed by atoms with Gasteiger partial charge in [-0.1, -0.05) is 18.9 Å². The molecule has 2 heterocycles. The molecule has 29 heavy (non-hydrogen) atoms. The van der Waals surface area contributed by atoms with E-state index >= 15 is 0 Å². The quantitative estimate of drug-likeness (QED) is 0.599. The number of pyridine rings is 1. The van der Waals surface area contributed by atoms with E-state index in [2.05, 4.69) is 10.4 Å². The van der Waals surface area contributed by atoms with Gasteiger partial charge in [0, 0.05) is 40.0 Å². The molecule has 1 saturated heterocycles. The number of fused-ring (bicyclic) bond motifs is 1. The van der Waals surface area contributed by atoms with Crippen LogP contribution in [-0.2, 0) is 16.3 Å². The van der Waals surface area contributed by atoms with Gasteiger partial charge >= 0.3 is 5.97 Å². The van der Waals surface area contributed by atoms with Crippen molar-refractivity contribution >= 4 is 28.7 Å². The van der Waals surface area contributed by atoms with Crippen LogP contribution in [0, 0.1) is 5.92 Å². The molecule has 2 aromatic rings. The maximum Gasteiger partial charge on any atom is 0.310 e. The first kappa shape index (κ1) is 19.2. The van der Waals surface area contributed by atoms with Crippen molar-refractivity contribution in [1.29, 1.82) is 0 Å². The van der Waals surface area contributed by atoms with Crippen molar-refractivity contribution in [2.45, 2.75) is 68.2 Å². The van der Waals surface area contributed by atoms with Crippen molar-refractivity contribution in [3.63, 3.8) is 0 Å². The van der Waals surface area contributed by atoms with E-state index < -0.39 is 0 Å². The SMILES string of the molecule is NC1CCN(Sc2cccc3c(=O)n(COC(=O)C4CCCC4)ccc23)C12CC2. The van der Waals surface area contributed by atoms with Gasteiger partial charge in [0.05, 0.1) is 5.92 Å². The highest BCUT2D eigenvalue weighted by Gasteiger charge is 2.56. The third kappa shape index (κ3) is 3.39. The Balaban J connectivity index is 1.36. The van der Waals surface area contributed by atoms with Crippen LogP contribution in [0.15, 0.2) is 40.2 Å². The fraction of sp³-hybridized carbons (Fsp3) is 0.545. The molecule has 1 aliphatic heterocycles. The first-order chi connectivity index (χ1) is 14.1. The van der Waals surface area contributed by atoms with Gasteiger partial charge in [0.1, 0.15) is 0 Å². The number of rotatable bonds is 5. The molecule has 1 unspecified atom stereocenters. The number of hydrogen-bond acceptors (Lipinski definition) is 6. The lowest BCUT2D eigenvalue weighted by Crippen LogP contribution is -2.38. The van der Waals surface area contributed by atoms with Crippen molar-refractivity contribution in [3.8, 4) is 0 Å². The highest BCUT2D eigenvalue weighted by molar-refractivity contribution is 7.97. The normalized spacial score (nSPS) is 23.8. The van der Waals surface area contributed by atoms with Crippen LogP contribution < -0.4 is 11.3 Å². The molecule has 2 aliphatic carbocycles. The molecule has 1 aromatic carbocycles. The average Bonchev–Trinajstić information content (AvgIpc) is 3.24. The zero-order chi connectivity index (χ0) is 20.0. The van der Waals surface area contributed by atoms with E-state index in [1.165, 1.54) is 4.57 Å². The number of hydrogen-bond donors (Lipinski definition) is 1. The van der Waals surface area contributed by atoms with Crippen molar-refractivity contribution in [1.82, 2.24) is 8.87 Å². The van der Waals surface area contributed by atoms with Crippen molar-refractivity contribution < 1.29 is 9.53 Å². The standard InChI is InChI=1S/C22H27N3O3S/c23-19-9-13-25(22(19)10-11-22)29-18-7-3-6-17-16(18)8-12-24(20(17)26)14-28-21(27)15-4-1-2-5-15/h3,6-8,12,15,19H,1-2,4-5,9-11,13-14,23H2. The largest absolute Gasteiger partial charge is 0.444 e. The van der Waals surface area contributed by atoms with E-state index in [9.17, 15) is 9.59 Å². The van der Waals surface area contributed by atoms with E-state index in [1.54, 1.807) is 18.1 Å². The summed E-state index contributed by atoms with van der Waals surface area (Å²) < 4.78 is 9.33. The Kier molecular flexibility index (Phi) is 4.92. The van der Waals surface area contributed by atoms with E-state index in [0.717, 1.165) is 61.8 Å². The Bertz CT molecular complexity index is 994. The van der Waals surface area contributed by atoms with Crippen LogP contribution >= 0.6 is 11.9 Å². The molecule has 2 saturated carbocycles. The Morgan fingerprint density at radius 3 is 2.72 bits per heavy atom. The summed E-state index contributed by atoms with van der Waals surface area (Å²) in [5.74, 6) is -0.186. The van der Waals surface area contributed by atoms with E-state index in [-0.39, 0.29) is 35.8 Å². The molecule has 6 nitrogen and oxygen atoms in total. The molecule has 3 fully saturated rings. The molecule has 7 heteroatoms. The molecule has 1 spiro atoms. The lowest BCUT2D eigenvalue weighted by Gasteiger charge is -2.25. The van der Waals surface area contributed by atoms with Crippen LogP contribution in [0.4, 0.5) is 0 Å². The minimum Gasteiger partial charge on any atom is -0.444 e. The number of nitrogens with two attached hydrogens (primary N) is 1. The van der Waals surface area contributed by atoms with Crippen LogP contribution in [0.3, 0.4) is 0 Å². The molecule has 1 atom stereocenters. The zero-order valence-corrected chi connectivity index (χ0v) is 17.3. The first-order valence-electron chi connectivity index (χ1n) is 10.6. The predicted octanol–water partition coefficient (Wildman–Crippen LogP) is 3.27. The molecule has 0 bridgehead atoms. The summed E-state index contributed by atoms with van der Waals surface area (Å²) in [4.78, 5) is 26.2. The molecule has 1 aromatic heterocycles. The minimum absolute atomic E-state index is 0.00395. The van der Waals surface area contributed by atoms with Gasteiger partial charge in [-0.25, -0.2) is 4.31 Å². The Hall–Kier alpha value is -1.83. The summed E-state index contributed by atoms with van der Waals surface area (Å²) >= 11 is 1.72. The highest BCUT2D eigenvalue weighted by Crippen LogP contribution is 2.53. The fourth-order valence-corrected chi connectivity index (χ4v) is 6.17. The van der Waals surface area contributed by atoms with Gasteiger partial charge in [-0.3, -0.25) is 14.2 Å². The topological polar surface area (TPSA) is 77.6 Å². The van der Waals surface area contributed by atoms with Crippen molar-refractivity contribution in [2.75, 3.05) is 6.54 Å². The molecule has 154 valence electrons. The van der Waals surface area contributed by atoms with Crippen LogP contribution in [-0.4, -0.2) is 33.0 Å². The van der Waals surface area contributed by atoms with Gasteiger partial charge in [0.15, 0.2) is 6.73 Å². The lowest BCUT2D eigenvalue weighted by molar-refractivity contribution is -0.152. The Morgan fingerprint density at radius 2 is 1.97 bits per heavy atom. The number of aromatic nitrogens is 1. The molecule has 2 N–H and O–H groups in total. The van der Waals surface area contributed by atoms with Crippen LogP contribution in [0.2, 0.25) is 0 Å². The molecule has 3 aliphatic rings. The maximum atomic E-state index is 13.0. The number of nitrogens with zero attached hydrogens (tertiary/aromatic N) is 2. The smallest absolute Gasteiger partial charge is 0.310 e. The number of carbonyl (C=O) groups excluding carboxylic acids is 1. The fourth-order valence-electron chi connectivity index (χ4n) is 4.82. The maximum absolute atomic E-state index is 13.0. The Labute approximate surface area is 174 Å². The lowest BCUT2D eigenvalue weighted by atomic mass is 10.1. The highest BCUT2D eigenvalue weighted by atomic mass is 32.2. The Morgan fingerprint density at radius 1 is 1.17 bits per heavy atom. The van der Waals surface area contributed by atoms with E-state index in [4.69, 9.17) is 10.5 Å². The zero-order valence-electron chi connectivity index (χ0n) is 16.5. The first-order valence-corrected chi connectivity index (χ1v) is 11.4. The second-order valence-electron chi connectivity index (χ2n) is 8.57. The van der Waals surface area contributed by atoms with Crippen LogP contribution in [0.5, 0.6) is 0 Å². The van der Waals surface area contributed by atoms with Gasteiger partial charge in [0.2, 0.25) is 0 Å². The molecular weight excluding hydrogens is 386 g/mol. The van der Waals surface area contributed by atoms with Crippen molar-refractivity contribution in [3.05, 3.63) is 40.8 Å². The average molecular weight is 414 g/mol. The van der Waals surface area contributed by atoms with Crippen LogP contribution in [0.1, 0.15) is 44.9 Å². The summed E-state index contributed by atoms with van der Waals surface area (Å²) in [5.41, 5.74) is 6.36. The van der Waals surface area contributed by atoms with E-state index in [0.29, 0.717) is 5.39 Å². The third-order valence-electron chi connectivity index (χ3n) is 6.81. The summed E-state index contributed by atoms with van der Waals surface area (Å²) in [6.07, 6.45) is 9.03. The summed E-state index contributed by atoms with van der Waals surface area (Å²) in [6, 6.07) is 8.04. The second kappa shape index (κ2) is 7.45. The number of ether oxygens (including phenoxy) is 1. The third-order valence-corrected chi connectivity index (χ3v) is 8.13. The van der Waals surface area contributed by atoms with Crippen LogP contribution in [0.25, 0.3) is 10.8 Å². The molecule has 0 radical (unpaired) electrons. The van der Waals surface area contributed by atoms with Gasteiger partial charge in [-0.15, -0.1) is 0 Å². The molecule has 5 rings (SSSR count). The number of esters is 1. The van der Waals surface area contributed by atoms with Gasteiger partial charge < -0.3 is 10.5 Å².